The second-order valence-electron chi connectivity index (χ2n) is 8.70. The van der Waals surface area contributed by atoms with Crippen molar-refractivity contribution in [3.05, 3.63) is 90.0 Å². The minimum absolute atomic E-state index is 0.172. The second-order valence-corrected chi connectivity index (χ2v) is 10.6. The molecule has 0 aromatic heterocycles. The Balaban J connectivity index is 1.86. The van der Waals surface area contributed by atoms with Crippen molar-refractivity contribution >= 4 is 27.5 Å². The van der Waals surface area contributed by atoms with Crippen molar-refractivity contribution in [3.63, 3.8) is 0 Å². The molecule has 1 N–H and O–H groups in total. The van der Waals surface area contributed by atoms with E-state index < -0.39 is 28.5 Å². The molecule has 0 aliphatic rings. The second kappa shape index (κ2) is 12.4. The summed E-state index contributed by atoms with van der Waals surface area (Å²) in [5.74, 6) is 0.382. The number of sulfonamides is 1. The maximum atomic E-state index is 13.6. The van der Waals surface area contributed by atoms with Gasteiger partial charge in [0.05, 0.1) is 11.9 Å². The number of para-hydroxylation sites is 1. The van der Waals surface area contributed by atoms with Crippen LogP contribution in [-0.4, -0.2) is 50.5 Å². The summed E-state index contributed by atoms with van der Waals surface area (Å²) in [5, 5.41) is 2.74. The monoisotopic (exact) mass is 523 g/mol. The molecule has 0 bridgehead atoms. The Morgan fingerprint density at radius 1 is 0.919 bits per heavy atom. The van der Waals surface area contributed by atoms with Crippen molar-refractivity contribution in [2.24, 2.45) is 0 Å². The van der Waals surface area contributed by atoms with E-state index in [-0.39, 0.29) is 12.5 Å². The van der Waals surface area contributed by atoms with Crippen LogP contribution in [0.1, 0.15) is 25.0 Å². The standard InChI is InChI=1S/C28H33N3O5S/c1-5-29-28(33)22(3)30(19-23-12-10-9-11-21(23)2)27(32)20-31(37(4,34)35)24-15-17-26(18-16-24)36-25-13-7-6-8-14-25/h6-18,22H,5,19-20H2,1-4H3,(H,29,33)/t22-/m0/s1. The van der Waals surface area contributed by atoms with Gasteiger partial charge in [-0.25, -0.2) is 8.42 Å². The Morgan fingerprint density at radius 3 is 2.11 bits per heavy atom. The van der Waals surface area contributed by atoms with Gasteiger partial charge in [-0.15, -0.1) is 0 Å². The average Bonchev–Trinajstić information content (AvgIpc) is 2.87. The fourth-order valence-corrected chi connectivity index (χ4v) is 4.64. The minimum Gasteiger partial charge on any atom is -0.457 e. The number of nitrogens with zero attached hydrogens (tertiary/aromatic N) is 2. The predicted molar refractivity (Wildman–Crippen MR) is 145 cm³/mol. The number of benzene rings is 3. The Morgan fingerprint density at radius 2 is 1.51 bits per heavy atom. The predicted octanol–water partition coefficient (Wildman–Crippen LogP) is 4.11. The van der Waals surface area contributed by atoms with Gasteiger partial charge in [0, 0.05) is 13.1 Å². The Bertz CT molecular complexity index is 1310. The molecule has 3 aromatic carbocycles. The molecule has 1 atom stereocenters. The highest BCUT2D eigenvalue weighted by molar-refractivity contribution is 7.92. The molecular weight excluding hydrogens is 490 g/mol. The van der Waals surface area contributed by atoms with Gasteiger partial charge in [0.15, 0.2) is 0 Å². The lowest BCUT2D eigenvalue weighted by Crippen LogP contribution is -2.51. The first-order valence-electron chi connectivity index (χ1n) is 12.0. The largest absolute Gasteiger partial charge is 0.457 e. The zero-order chi connectivity index (χ0) is 27.0. The van der Waals surface area contributed by atoms with Gasteiger partial charge in [0.2, 0.25) is 21.8 Å². The molecule has 0 saturated carbocycles. The lowest BCUT2D eigenvalue weighted by molar-refractivity contribution is -0.139. The van der Waals surface area contributed by atoms with Gasteiger partial charge in [0.25, 0.3) is 0 Å². The smallest absolute Gasteiger partial charge is 0.244 e. The third-order valence-electron chi connectivity index (χ3n) is 5.90. The van der Waals surface area contributed by atoms with E-state index in [9.17, 15) is 18.0 Å². The fourth-order valence-electron chi connectivity index (χ4n) is 3.79. The van der Waals surface area contributed by atoms with Crippen LogP contribution in [0.3, 0.4) is 0 Å². The van der Waals surface area contributed by atoms with Gasteiger partial charge in [-0.3, -0.25) is 13.9 Å². The molecule has 3 aromatic rings. The van der Waals surface area contributed by atoms with Crippen molar-refractivity contribution in [1.29, 1.82) is 0 Å². The van der Waals surface area contributed by atoms with Crippen LogP contribution in [0.25, 0.3) is 0 Å². The highest BCUT2D eigenvalue weighted by atomic mass is 32.2. The number of carbonyl (C=O) groups excluding carboxylic acids is 2. The topological polar surface area (TPSA) is 96.0 Å². The quantitative estimate of drug-likeness (QED) is 0.408. The van der Waals surface area contributed by atoms with E-state index in [0.717, 1.165) is 21.7 Å². The molecule has 0 radical (unpaired) electrons. The van der Waals surface area contributed by atoms with E-state index in [1.807, 2.05) is 61.5 Å². The summed E-state index contributed by atoms with van der Waals surface area (Å²) in [6, 6.07) is 22.5. The van der Waals surface area contributed by atoms with Crippen LogP contribution < -0.4 is 14.4 Å². The first-order valence-corrected chi connectivity index (χ1v) is 13.9. The molecule has 0 saturated heterocycles. The van der Waals surface area contributed by atoms with E-state index in [2.05, 4.69) is 5.32 Å². The number of likely N-dealkylation sites (N-methyl/N-ethyl adjacent to an activating group) is 1. The summed E-state index contributed by atoms with van der Waals surface area (Å²) in [5.41, 5.74) is 2.16. The number of anilines is 1. The van der Waals surface area contributed by atoms with Gasteiger partial charge in [-0.05, 0) is 68.3 Å². The van der Waals surface area contributed by atoms with Crippen molar-refractivity contribution in [2.75, 3.05) is 23.7 Å². The molecule has 3 rings (SSSR count). The van der Waals surface area contributed by atoms with Crippen molar-refractivity contribution in [1.82, 2.24) is 10.2 Å². The van der Waals surface area contributed by atoms with E-state index in [0.29, 0.717) is 23.7 Å². The molecule has 0 fully saturated rings. The molecule has 2 amide bonds. The Labute approximate surface area is 218 Å². The normalized spacial score (nSPS) is 11.9. The van der Waals surface area contributed by atoms with Gasteiger partial charge >= 0.3 is 0 Å². The van der Waals surface area contributed by atoms with Crippen molar-refractivity contribution in [2.45, 2.75) is 33.4 Å². The first kappa shape index (κ1) is 27.7. The fraction of sp³-hybridized carbons (Fsp3) is 0.286. The molecule has 9 heteroatoms. The number of hydrogen-bond acceptors (Lipinski definition) is 5. The summed E-state index contributed by atoms with van der Waals surface area (Å²) in [6.07, 6.45) is 1.05. The highest BCUT2D eigenvalue weighted by Gasteiger charge is 2.30. The summed E-state index contributed by atoms with van der Waals surface area (Å²) < 4.78 is 32.3. The molecule has 0 aliphatic carbocycles. The van der Waals surface area contributed by atoms with Gasteiger partial charge in [-0.1, -0.05) is 42.5 Å². The minimum atomic E-state index is -3.81. The summed E-state index contributed by atoms with van der Waals surface area (Å²) in [6.45, 7) is 5.51. The maximum absolute atomic E-state index is 13.6. The van der Waals surface area contributed by atoms with Crippen molar-refractivity contribution in [3.8, 4) is 11.5 Å². The highest BCUT2D eigenvalue weighted by Crippen LogP contribution is 2.26. The summed E-state index contributed by atoms with van der Waals surface area (Å²) in [7, 11) is -3.81. The van der Waals surface area contributed by atoms with Crippen LogP contribution in [0, 0.1) is 6.92 Å². The molecule has 0 unspecified atom stereocenters. The van der Waals surface area contributed by atoms with E-state index in [1.54, 1.807) is 38.1 Å². The molecule has 0 heterocycles. The van der Waals surface area contributed by atoms with Crippen LogP contribution >= 0.6 is 0 Å². The number of ether oxygens (including phenoxy) is 1. The van der Waals surface area contributed by atoms with Crippen LogP contribution in [0.5, 0.6) is 11.5 Å². The zero-order valence-corrected chi connectivity index (χ0v) is 22.4. The molecular formula is C28H33N3O5S. The number of rotatable bonds is 11. The van der Waals surface area contributed by atoms with Crippen LogP contribution in [0.15, 0.2) is 78.9 Å². The Hall–Kier alpha value is -3.85. The maximum Gasteiger partial charge on any atom is 0.244 e. The number of aryl methyl sites for hydroxylation is 1. The third kappa shape index (κ3) is 7.57. The first-order chi connectivity index (χ1) is 17.6. The van der Waals surface area contributed by atoms with Gasteiger partial charge in [0.1, 0.15) is 24.1 Å². The summed E-state index contributed by atoms with van der Waals surface area (Å²) >= 11 is 0. The number of nitrogens with one attached hydrogen (secondary N) is 1. The molecule has 0 spiro atoms. The number of carbonyl (C=O) groups is 2. The zero-order valence-electron chi connectivity index (χ0n) is 21.5. The number of amides is 2. The van der Waals surface area contributed by atoms with Crippen molar-refractivity contribution < 1.29 is 22.7 Å². The van der Waals surface area contributed by atoms with E-state index >= 15 is 0 Å². The molecule has 0 aliphatic heterocycles. The third-order valence-corrected chi connectivity index (χ3v) is 7.04. The average molecular weight is 524 g/mol. The van der Waals surface area contributed by atoms with Gasteiger partial charge < -0.3 is 15.0 Å². The van der Waals surface area contributed by atoms with Gasteiger partial charge in [-0.2, -0.15) is 0 Å². The van der Waals surface area contributed by atoms with Crippen LogP contribution in [0.4, 0.5) is 5.69 Å². The lowest BCUT2D eigenvalue weighted by Gasteiger charge is -2.31. The molecule has 8 nitrogen and oxygen atoms in total. The SMILES string of the molecule is CCNC(=O)[C@H](C)N(Cc1ccccc1C)C(=O)CN(c1ccc(Oc2ccccc2)cc1)S(C)(=O)=O. The summed E-state index contributed by atoms with van der Waals surface area (Å²) in [4.78, 5) is 27.6. The van der Waals surface area contributed by atoms with Crippen LogP contribution in [-0.2, 0) is 26.2 Å². The van der Waals surface area contributed by atoms with E-state index in [4.69, 9.17) is 4.74 Å². The number of hydrogen-bond donors (Lipinski definition) is 1. The van der Waals surface area contributed by atoms with E-state index in [1.165, 1.54) is 4.90 Å². The van der Waals surface area contributed by atoms with Crippen LogP contribution in [0.2, 0.25) is 0 Å². The molecule has 37 heavy (non-hydrogen) atoms. The lowest BCUT2D eigenvalue weighted by atomic mass is 10.1. The Kier molecular flexibility index (Phi) is 9.30. The molecule has 196 valence electrons.